The van der Waals surface area contributed by atoms with E-state index in [9.17, 15) is 9.59 Å². The van der Waals surface area contributed by atoms with Crippen molar-refractivity contribution in [1.29, 1.82) is 0 Å². The molecule has 0 aliphatic carbocycles. The number of nitrogens with one attached hydrogen (secondary N) is 2. The molecule has 1 aromatic rings. The minimum atomic E-state index is -0.363. The Balaban J connectivity index is 2.72. The largest absolute Gasteiger partial charge is 0.344 e. The zero-order valence-electron chi connectivity index (χ0n) is 10.6. The molecule has 0 aromatic carbocycles. The highest BCUT2D eigenvalue weighted by Crippen LogP contribution is 2.04. The van der Waals surface area contributed by atoms with Gasteiger partial charge in [-0.25, -0.2) is 4.98 Å². The monoisotopic (exact) mass is 238 g/mol. The number of nitrogens with zero attached hydrogens (tertiary/aromatic N) is 2. The van der Waals surface area contributed by atoms with Gasteiger partial charge in [-0.15, -0.1) is 0 Å². The van der Waals surface area contributed by atoms with Gasteiger partial charge in [-0.1, -0.05) is 0 Å². The zero-order valence-corrected chi connectivity index (χ0v) is 10.6. The van der Waals surface area contributed by atoms with E-state index >= 15 is 0 Å². The van der Waals surface area contributed by atoms with Gasteiger partial charge in [0.1, 0.15) is 5.69 Å². The first-order chi connectivity index (χ1) is 7.80. The van der Waals surface area contributed by atoms with Crippen molar-refractivity contribution >= 4 is 5.91 Å². The molecule has 1 rings (SSSR count). The normalized spacial score (nSPS) is 11.6. The number of amides is 1. The van der Waals surface area contributed by atoms with Crippen LogP contribution in [0.3, 0.4) is 0 Å². The average molecular weight is 238 g/mol. The van der Waals surface area contributed by atoms with Crippen molar-refractivity contribution in [1.82, 2.24) is 20.2 Å². The summed E-state index contributed by atoms with van der Waals surface area (Å²) in [5.74, 6) is -0.298. The summed E-state index contributed by atoms with van der Waals surface area (Å²) in [5, 5.41) is 2.86. The second-order valence-electron chi connectivity index (χ2n) is 4.87. The predicted octanol–water partition coefficient (Wildman–Crippen LogP) is -0.160. The number of aromatic amines is 1. The van der Waals surface area contributed by atoms with Gasteiger partial charge in [0.2, 0.25) is 0 Å². The number of rotatable bonds is 4. The van der Waals surface area contributed by atoms with Gasteiger partial charge in [0.15, 0.2) is 0 Å². The molecule has 2 N–H and O–H groups in total. The molecule has 0 fully saturated rings. The van der Waals surface area contributed by atoms with E-state index in [0.29, 0.717) is 6.54 Å². The molecule has 0 unspecified atom stereocenters. The van der Waals surface area contributed by atoms with Crippen molar-refractivity contribution in [3.63, 3.8) is 0 Å². The molecule has 0 bridgehead atoms. The van der Waals surface area contributed by atoms with Gasteiger partial charge in [-0.05, 0) is 27.9 Å². The number of likely N-dealkylation sites (N-methyl/N-ethyl adjacent to an activating group) is 1. The van der Waals surface area contributed by atoms with Crippen LogP contribution in [0.5, 0.6) is 0 Å². The molecule has 94 valence electrons. The van der Waals surface area contributed by atoms with E-state index < -0.39 is 0 Å². The lowest BCUT2D eigenvalue weighted by molar-refractivity contribution is 0.0894. The van der Waals surface area contributed by atoms with Gasteiger partial charge in [0.25, 0.3) is 11.5 Å². The molecule has 1 aromatic heterocycles. The summed E-state index contributed by atoms with van der Waals surface area (Å²) in [6.45, 7) is 4.56. The molecule has 0 saturated heterocycles. The fraction of sp³-hybridized carbons (Fsp3) is 0.545. The number of aromatic nitrogens is 2. The fourth-order valence-corrected chi connectivity index (χ4v) is 1.67. The Morgan fingerprint density at radius 3 is 2.65 bits per heavy atom. The van der Waals surface area contributed by atoms with Crippen LogP contribution in [0.15, 0.2) is 17.2 Å². The molecule has 0 aliphatic heterocycles. The number of carbonyl (C=O) groups excluding carboxylic acids is 1. The van der Waals surface area contributed by atoms with E-state index in [-0.39, 0.29) is 22.7 Å². The Labute approximate surface area is 100 Å². The summed E-state index contributed by atoms with van der Waals surface area (Å²) in [5.41, 5.74) is -0.483. The molecule has 0 aliphatic rings. The predicted molar refractivity (Wildman–Crippen MR) is 65.0 cm³/mol. The summed E-state index contributed by atoms with van der Waals surface area (Å²) in [6, 6.07) is 0. The van der Waals surface area contributed by atoms with Crippen molar-refractivity contribution in [2.75, 3.05) is 20.6 Å². The number of hydrogen-bond donors (Lipinski definition) is 2. The summed E-state index contributed by atoms with van der Waals surface area (Å²) < 4.78 is 0. The third-order valence-electron chi connectivity index (χ3n) is 2.07. The van der Waals surface area contributed by atoms with Gasteiger partial charge >= 0.3 is 0 Å². The molecule has 1 heterocycles. The third-order valence-corrected chi connectivity index (χ3v) is 2.07. The van der Waals surface area contributed by atoms with Crippen LogP contribution in [-0.4, -0.2) is 47.0 Å². The summed E-state index contributed by atoms with van der Waals surface area (Å²) in [7, 11) is 3.87. The van der Waals surface area contributed by atoms with Crippen LogP contribution in [0.2, 0.25) is 0 Å². The van der Waals surface area contributed by atoms with Gasteiger partial charge in [-0.3, -0.25) is 9.59 Å². The van der Waals surface area contributed by atoms with Crippen LogP contribution in [0, 0.1) is 0 Å². The van der Waals surface area contributed by atoms with E-state index in [0.717, 1.165) is 6.20 Å². The van der Waals surface area contributed by atoms with Crippen molar-refractivity contribution < 1.29 is 4.79 Å². The van der Waals surface area contributed by atoms with Crippen molar-refractivity contribution in [2.45, 2.75) is 19.4 Å². The van der Waals surface area contributed by atoms with Crippen LogP contribution < -0.4 is 10.9 Å². The first-order valence-corrected chi connectivity index (χ1v) is 5.32. The van der Waals surface area contributed by atoms with Gasteiger partial charge in [-0.2, -0.15) is 0 Å². The highest BCUT2D eigenvalue weighted by atomic mass is 16.2. The summed E-state index contributed by atoms with van der Waals surface area (Å²) >= 11 is 0. The molecule has 17 heavy (non-hydrogen) atoms. The van der Waals surface area contributed by atoms with Crippen LogP contribution in [0.1, 0.15) is 24.3 Å². The molecule has 0 spiro atoms. The lowest BCUT2D eigenvalue weighted by Crippen LogP contribution is -2.50. The fourth-order valence-electron chi connectivity index (χ4n) is 1.67. The summed E-state index contributed by atoms with van der Waals surface area (Å²) in [6.07, 6.45) is 2.40. The van der Waals surface area contributed by atoms with Crippen molar-refractivity contribution in [2.24, 2.45) is 0 Å². The topological polar surface area (TPSA) is 78.1 Å². The number of carbonyl (C=O) groups is 1. The maximum absolute atomic E-state index is 11.8. The van der Waals surface area contributed by atoms with Crippen molar-refractivity contribution in [3.8, 4) is 0 Å². The lowest BCUT2D eigenvalue weighted by Gasteiger charge is -2.29. The molecule has 0 atom stereocenters. The Morgan fingerprint density at radius 1 is 1.53 bits per heavy atom. The van der Waals surface area contributed by atoms with E-state index in [2.05, 4.69) is 15.3 Å². The smallest absolute Gasteiger partial charge is 0.271 e. The minimum absolute atomic E-state index is 0.205. The first-order valence-electron chi connectivity index (χ1n) is 5.32. The first kappa shape index (κ1) is 13.4. The minimum Gasteiger partial charge on any atom is -0.344 e. The molecular weight excluding hydrogens is 220 g/mol. The molecule has 6 nitrogen and oxygen atoms in total. The number of hydrogen-bond acceptors (Lipinski definition) is 4. The van der Waals surface area contributed by atoms with Crippen LogP contribution >= 0.6 is 0 Å². The Hall–Kier alpha value is -1.69. The molecule has 0 radical (unpaired) electrons. The van der Waals surface area contributed by atoms with Crippen LogP contribution in [0.25, 0.3) is 0 Å². The average Bonchev–Trinajstić information content (AvgIpc) is 2.15. The zero-order chi connectivity index (χ0) is 13.1. The molecule has 6 heteroatoms. The maximum Gasteiger partial charge on any atom is 0.271 e. The van der Waals surface area contributed by atoms with E-state index in [1.54, 1.807) is 0 Å². The highest BCUT2D eigenvalue weighted by molar-refractivity contribution is 5.92. The molecule has 0 saturated carbocycles. The van der Waals surface area contributed by atoms with Crippen LogP contribution in [-0.2, 0) is 0 Å². The van der Waals surface area contributed by atoms with Gasteiger partial charge in [0, 0.05) is 18.3 Å². The Kier molecular flexibility index (Phi) is 4.01. The number of H-pyrrole nitrogens is 1. The lowest BCUT2D eigenvalue weighted by atomic mass is 10.1. The van der Waals surface area contributed by atoms with Crippen LogP contribution in [0.4, 0.5) is 0 Å². The third kappa shape index (κ3) is 4.36. The standard InChI is InChI=1S/C11H18N4O2/c1-11(2,7-15(3)4)14-10(17)8-5-13-9(16)6-12-8/h5-6H,7H2,1-4H3,(H,13,16)(H,14,17). The second kappa shape index (κ2) is 5.09. The Morgan fingerprint density at radius 2 is 2.18 bits per heavy atom. The van der Waals surface area contributed by atoms with E-state index in [1.807, 2.05) is 32.8 Å². The van der Waals surface area contributed by atoms with Gasteiger partial charge in [0.05, 0.1) is 6.20 Å². The Bertz CT molecular complexity index is 431. The summed E-state index contributed by atoms with van der Waals surface area (Å²) in [4.78, 5) is 30.8. The van der Waals surface area contributed by atoms with Crippen molar-refractivity contribution in [3.05, 3.63) is 28.4 Å². The SMILES string of the molecule is CN(C)CC(C)(C)NC(=O)c1c[nH]c(=O)cn1. The van der Waals surface area contributed by atoms with Gasteiger partial charge < -0.3 is 15.2 Å². The molecule has 1 amide bonds. The second-order valence-corrected chi connectivity index (χ2v) is 4.87. The molecular formula is C11H18N4O2. The maximum atomic E-state index is 11.8. The van der Waals surface area contributed by atoms with E-state index in [4.69, 9.17) is 0 Å². The quantitative estimate of drug-likeness (QED) is 0.764. The van der Waals surface area contributed by atoms with E-state index in [1.165, 1.54) is 6.20 Å². The highest BCUT2D eigenvalue weighted by Gasteiger charge is 2.22.